The molecule has 0 saturated carbocycles. The Kier molecular flexibility index (Phi) is 4.82. The zero-order chi connectivity index (χ0) is 13.7. The molecule has 1 saturated heterocycles. The summed E-state index contributed by atoms with van der Waals surface area (Å²) in [6, 6.07) is -0.00439. The topological polar surface area (TPSA) is 92.8 Å². The van der Waals surface area contributed by atoms with Gasteiger partial charge in [0.05, 0.1) is 6.42 Å². The molecular weight excluding hydrogens is 240 g/mol. The van der Waals surface area contributed by atoms with Crippen LogP contribution in [-0.2, 0) is 24.0 Å². The third kappa shape index (κ3) is 4.15. The molecule has 0 spiro atoms. The lowest BCUT2D eigenvalue weighted by Gasteiger charge is -2.12. The molecule has 1 fully saturated rings. The van der Waals surface area contributed by atoms with Gasteiger partial charge >= 0.3 is 5.97 Å². The van der Waals surface area contributed by atoms with Gasteiger partial charge in [-0.1, -0.05) is 0 Å². The Morgan fingerprint density at radius 3 is 2.28 bits per heavy atom. The van der Waals surface area contributed by atoms with Gasteiger partial charge in [-0.15, -0.1) is 5.06 Å². The van der Waals surface area contributed by atoms with E-state index < -0.39 is 17.8 Å². The van der Waals surface area contributed by atoms with Gasteiger partial charge in [0.1, 0.15) is 0 Å². The average molecular weight is 256 g/mol. The lowest BCUT2D eigenvalue weighted by Crippen LogP contribution is -2.33. The van der Waals surface area contributed by atoms with Crippen LogP contribution in [0.1, 0.15) is 39.5 Å². The molecule has 1 N–H and O–H groups in total. The average Bonchev–Trinajstić information content (AvgIpc) is 2.57. The zero-order valence-electron chi connectivity index (χ0n) is 10.4. The van der Waals surface area contributed by atoms with Crippen molar-refractivity contribution in [2.24, 2.45) is 0 Å². The van der Waals surface area contributed by atoms with E-state index in [0.717, 1.165) is 0 Å². The zero-order valence-corrected chi connectivity index (χ0v) is 10.4. The second kappa shape index (κ2) is 6.13. The van der Waals surface area contributed by atoms with Crippen LogP contribution in [0, 0.1) is 0 Å². The van der Waals surface area contributed by atoms with Crippen molar-refractivity contribution in [1.29, 1.82) is 0 Å². The number of carbonyl (C=O) groups excluding carboxylic acids is 4. The van der Waals surface area contributed by atoms with E-state index in [9.17, 15) is 19.2 Å². The summed E-state index contributed by atoms with van der Waals surface area (Å²) in [5, 5.41) is 3.09. The first-order valence-electron chi connectivity index (χ1n) is 5.76. The highest BCUT2D eigenvalue weighted by atomic mass is 16.7. The molecule has 1 aliphatic rings. The van der Waals surface area contributed by atoms with Gasteiger partial charge in [0, 0.05) is 25.3 Å². The number of hydroxylamine groups is 2. The Bertz CT molecular complexity index is 362. The first-order chi connectivity index (χ1) is 8.40. The van der Waals surface area contributed by atoms with Crippen LogP contribution < -0.4 is 5.32 Å². The van der Waals surface area contributed by atoms with Gasteiger partial charge in [-0.25, -0.2) is 4.79 Å². The number of hydrogen-bond donors (Lipinski definition) is 1. The molecule has 0 aliphatic carbocycles. The Morgan fingerprint density at radius 2 is 1.78 bits per heavy atom. The summed E-state index contributed by atoms with van der Waals surface area (Å²) in [5.41, 5.74) is 0. The molecule has 0 unspecified atom stereocenters. The Morgan fingerprint density at radius 1 is 1.22 bits per heavy atom. The van der Waals surface area contributed by atoms with E-state index in [0.29, 0.717) is 5.06 Å². The highest BCUT2D eigenvalue weighted by molar-refractivity contribution is 6.01. The van der Waals surface area contributed by atoms with Gasteiger partial charge in [-0.3, -0.25) is 14.4 Å². The van der Waals surface area contributed by atoms with Gasteiger partial charge < -0.3 is 10.2 Å². The quantitative estimate of drug-likeness (QED) is 0.693. The van der Waals surface area contributed by atoms with E-state index in [1.165, 1.54) is 0 Å². The van der Waals surface area contributed by atoms with E-state index in [-0.39, 0.29) is 37.6 Å². The number of imide groups is 1. The van der Waals surface area contributed by atoms with Gasteiger partial charge in [0.25, 0.3) is 11.8 Å². The largest absolute Gasteiger partial charge is 0.354 e. The molecule has 100 valence electrons. The number of nitrogens with zero attached hydrogens (tertiary/aromatic N) is 1. The minimum atomic E-state index is -0.766. The fourth-order valence-corrected chi connectivity index (χ4v) is 1.42. The summed E-state index contributed by atoms with van der Waals surface area (Å²) in [6.07, 6.45) is -0.0945. The van der Waals surface area contributed by atoms with E-state index in [1.807, 2.05) is 0 Å². The van der Waals surface area contributed by atoms with Crippen molar-refractivity contribution < 1.29 is 24.0 Å². The predicted molar refractivity (Wildman–Crippen MR) is 59.7 cm³/mol. The highest BCUT2D eigenvalue weighted by Crippen LogP contribution is 2.12. The minimum Gasteiger partial charge on any atom is -0.354 e. The van der Waals surface area contributed by atoms with Crippen LogP contribution in [0.3, 0.4) is 0 Å². The number of carbonyl (C=O) groups is 4. The molecule has 3 amide bonds. The summed E-state index contributed by atoms with van der Waals surface area (Å²) < 4.78 is 0. The summed E-state index contributed by atoms with van der Waals surface area (Å²) >= 11 is 0. The number of hydrogen-bond acceptors (Lipinski definition) is 5. The van der Waals surface area contributed by atoms with Gasteiger partial charge in [0.15, 0.2) is 0 Å². The maximum absolute atomic E-state index is 11.3. The van der Waals surface area contributed by atoms with E-state index in [2.05, 4.69) is 10.2 Å². The highest BCUT2D eigenvalue weighted by Gasteiger charge is 2.32. The van der Waals surface area contributed by atoms with Gasteiger partial charge in [-0.2, -0.15) is 0 Å². The second-order valence-corrected chi connectivity index (χ2v) is 4.27. The Balaban J connectivity index is 2.31. The first-order valence-corrected chi connectivity index (χ1v) is 5.76. The minimum absolute atomic E-state index is 0.00439. The van der Waals surface area contributed by atoms with E-state index >= 15 is 0 Å². The molecule has 0 aromatic heterocycles. The molecule has 1 heterocycles. The fourth-order valence-electron chi connectivity index (χ4n) is 1.42. The van der Waals surface area contributed by atoms with E-state index in [1.54, 1.807) is 13.8 Å². The van der Waals surface area contributed by atoms with Crippen molar-refractivity contribution in [2.45, 2.75) is 45.6 Å². The van der Waals surface area contributed by atoms with Crippen molar-refractivity contribution >= 4 is 23.7 Å². The molecule has 0 bridgehead atoms. The lowest BCUT2D eigenvalue weighted by atomic mass is 10.3. The van der Waals surface area contributed by atoms with Crippen LogP contribution >= 0.6 is 0 Å². The SMILES string of the molecule is CC(C)NC(=O)CCC(=O)ON1C(=O)CCC1=O. The maximum Gasteiger partial charge on any atom is 0.333 e. The van der Waals surface area contributed by atoms with Crippen molar-refractivity contribution in [2.75, 3.05) is 0 Å². The normalized spacial score (nSPS) is 15.2. The molecule has 7 heteroatoms. The fraction of sp³-hybridized carbons (Fsp3) is 0.636. The smallest absolute Gasteiger partial charge is 0.333 e. The van der Waals surface area contributed by atoms with Crippen LogP contribution in [-0.4, -0.2) is 34.8 Å². The predicted octanol–water partition coefficient (Wildman–Crippen LogP) is -0.102. The van der Waals surface area contributed by atoms with E-state index in [4.69, 9.17) is 0 Å². The van der Waals surface area contributed by atoms with Gasteiger partial charge in [0.2, 0.25) is 5.91 Å². The molecule has 1 aliphatic heterocycles. The van der Waals surface area contributed by atoms with Crippen LogP contribution in [0.4, 0.5) is 0 Å². The van der Waals surface area contributed by atoms with Crippen molar-refractivity contribution in [3.63, 3.8) is 0 Å². The molecule has 7 nitrogen and oxygen atoms in total. The molecule has 0 aromatic rings. The molecular formula is C11H16N2O5. The first kappa shape index (κ1) is 14.1. The van der Waals surface area contributed by atoms with Gasteiger partial charge in [-0.05, 0) is 13.8 Å². The molecule has 0 atom stereocenters. The third-order valence-corrected chi connectivity index (χ3v) is 2.20. The number of nitrogens with one attached hydrogen (secondary N) is 1. The summed E-state index contributed by atoms with van der Waals surface area (Å²) in [6.45, 7) is 3.61. The number of amides is 3. The van der Waals surface area contributed by atoms with Crippen LogP contribution in [0.2, 0.25) is 0 Å². The van der Waals surface area contributed by atoms with Crippen molar-refractivity contribution in [1.82, 2.24) is 10.4 Å². The second-order valence-electron chi connectivity index (χ2n) is 4.27. The molecule has 0 aromatic carbocycles. The van der Waals surface area contributed by atoms with Crippen molar-refractivity contribution in [3.8, 4) is 0 Å². The summed E-state index contributed by atoms with van der Waals surface area (Å²) in [4.78, 5) is 49.5. The Labute approximate surface area is 104 Å². The molecule has 0 radical (unpaired) electrons. The Hall–Kier alpha value is -1.92. The lowest BCUT2D eigenvalue weighted by molar-refractivity contribution is -0.197. The monoisotopic (exact) mass is 256 g/mol. The standard InChI is InChI=1S/C11H16N2O5/c1-7(2)12-8(14)3-6-11(17)18-13-9(15)4-5-10(13)16/h7H,3-6H2,1-2H3,(H,12,14). The summed E-state index contributed by atoms with van der Waals surface area (Å²) in [5.74, 6) is -2.10. The molecule has 1 rings (SSSR count). The van der Waals surface area contributed by atoms with Crippen LogP contribution in [0.15, 0.2) is 0 Å². The number of rotatable bonds is 5. The van der Waals surface area contributed by atoms with Crippen LogP contribution in [0.25, 0.3) is 0 Å². The van der Waals surface area contributed by atoms with Crippen LogP contribution in [0.5, 0.6) is 0 Å². The third-order valence-electron chi connectivity index (χ3n) is 2.20. The van der Waals surface area contributed by atoms with Crippen molar-refractivity contribution in [3.05, 3.63) is 0 Å². The summed E-state index contributed by atoms with van der Waals surface area (Å²) in [7, 11) is 0. The molecule has 18 heavy (non-hydrogen) atoms. The maximum atomic E-state index is 11.3.